The number of carbonyl (C=O) groups excluding carboxylic acids is 1. The first-order valence-electron chi connectivity index (χ1n) is 8.43. The number of phosphoric ester groups is 1. The van der Waals surface area contributed by atoms with Crippen LogP contribution in [0.3, 0.4) is 0 Å². The molecule has 5 aliphatic heterocycles. The Hall–Kier alpha value is -2.18. The third kappa shape index (κ3) is 1.98. The fraction of sp³-hybridized carbons (Fsp3) is 0.438. The number of piperidine rings is 1. The maximum Gasteiger partial charge on any atom is 0.668 e. The van der Waals surface area contributed by atoms with Gasteiger partial charge in [-0.15, -0.1) is 4.73 Å². The van der Waals surface area contributed by atoms with E-state index in [-0.39, 0.29) is 17.2 Å². The number of primary amides is 1. The third-order valence-electron chi connectivity index (χ3n) is 5.33. The van der Waals surface area contributed by atoms with E-state index in [0.717, 1.165) is 38.0 Å². The van der Waals surface area contributed by atoms with Crippen molar-refractivity contribution in [3.05, 3.63) is 23.3 Å². The smallest absolute Gasteiger partial charge is 0.384 e. The average Bonchev–Trinajstić information content (AvgIpc) is 3.07. The first kappa shape index (κ1) is 15.1. The number of rotatable bonds is 3. The summed E-state index contributed by atoms with van der Waals surface area (Å²) in [4.78, 5) is 14.5. The van der Waals surface area contributed by atoms with Gasteiger partial charge in [0.05, 0.1) is 11.1 Å². The highest BCUT2D eigenvalue weighted by atomic mass is 31.2. The van der Waals surface area contributed by atoms with Gasteiger partial charge in [0.2, 0.25) is 5.88 Å². The van der Waals surface area contributed by atoms with Crippen LogP contribution in [0.2, 0.25) is 0 Å². The minimum atomic E-state index is -3.83. The molecule has 6 heterocycles. The molecule has 7 rings (SSSR count). The molecule has 6 bridgehead atoms. The largest absolute Gasteiger partial charge is 0.668 e. The first-order valence-corrected chi connectivity index (χ1v) is 9.89. The molecular formula is C16H18N3O5P. The maximum absolute atomic E-state index is 12.7. The molecule has 0 aliphatic carbocycles. The summed E-state index contributed by atoms with van der Waals surface area (Å²) in [5.41, 5.74) is 7.40. The fourth-order valence-electron chi connectivity index (χ4n) is 4.12. The van der Waals surface area contributed by atoms with Gasteiger partial charge in [-0.3, -0.25) is 9.42 Å². The molecule has 1 unspecified atom stereocenters. The first-order chi connectivity index (χ1) is 12.0. The van der Waals surface area contributed by atoms with E-state index < -0.39 is 13.7 Å². The van der Waals surface area contributed by atoms with E-state index in [1.165, 1.54) is 4.73 Å². The van der Waals surface area contributed by atoms with Gasteiger partial charge in [-0.25, -0.2) is 0 Å². The van der Waals surface area contributed by atoms with Crippen molar-refractivity contribution in [1.82, 2.24) is 9.63 Å². The molecule has 132 valence electrons. The van der Waals surface area contributed by atoms with Gasteiger partial charge in [-0.05, 0) is 50.5 Å². The molecule has 1 saturated heterocycles. The van der Waals surface area contributed by atoms with Crippen LogP contribution >= 0.6 is 7.82 Å². The highest BCUT2D eigenvalue weighted by Gasteiger charge is 2.49. The second-order valence-corrected chi connectivity index (χ2v) is 8.05. The minimum absolute atomic E-state index is 0.152. The van der Waals surface area contributed by atoms with Gasteiger partial charge in [0.25, 0.3) is 5.91 Å². The second kappa shape index (κ2) is 4.93. The average molecular weight is 363 g/mol. The zero-order chi connectivity index (χ0) is 17.3. The number of amides is 1. The molecule has 1 aromatic carbocycles. The molecule has 1 aromatic heterocycles. The number of fused-ring (bicyclic) bond motifs is 1. The van der Waals surface area contributed by atoms with Gasteiger partial charge < -0.3 is 19.7 Å². The monoisotopic (exact) mass is 363 g/mol. The van der Waals surface area contributed by atoms with Gasteiger partial charge in [-0.1, -0.05) is 6.92 Å². The van der Waals surface area contributed by atoms with E-state index >= 15 is 0 Å². The molecule has 2 aromatic rings. The highest BCUT2D eigenvalue weighted by molar-refractivity contribution is 7.49. The van der Waals surface area contributed by atoms with Gasteiger partial charge in [0, 0.05) is 10.9 Å². The zero-order valence-corrected chi connectivity index (χ0v) is 14.6. The Labute approximate surface area is 144 Å². The number of phosphoric acid groups is 1. The van der Waals surface area contributed by atoms with Crippen molar-refractivity contribution in [2.75, 3.05) is 19.6 Å². The minimum Gasteiger partial charge on any atom is -0.384 e. The normalized spacial score (nSPS) is 25.0. The number of aromatic nitrogens is 1. The Morgan fingerprint density at radius 2 is 2.08 bits per heavy atom. The van der Waals surface area contributed by atoms with Crippen molar-refractivity contribution in [1.29, 1.82) is 0 Å². The molecule has 5 aliphatic rings. The quantitative estimate of drug-likeness (QED) is 0.841. The van der Waals surface area contributed by atoms with E-state index in [9.17, 15) is 9.36 Å². The molecule has 9 heteroatoms. The van der Waals surface area contributed by atoms with Crippen LogP contribution in [0.4, 0.5) is 0 Å². The van der Waals surface area contributed by atoms with Crippen molar-refractivity contribution in [2.24, 2.45) is 5.73 Å². The Bertz CT molecular complexity index is 961. The van der Waals surface area contributed by atoms with Crippen LogP contribution in [-0.4, -0.2) is 35.2 Å². The highest BCUT2D eigenvalue weighted by Crippen LogP contribution is 2.60. The summed E-state index contributed by atoms with van der Waals surface area (Å²) in [7, 11) is -3.83. The van der Waals surface area contributed by atoms with Crippen molar-refractivity contribution in [3.63, 3.8) is 0 Å². The number of benzene rings is 1. The molecule has 25 heavy (non-hydrogen) atoms. The topological polar surface area (TPSA) is 96.0 Å². The van der Waals surface area contributed by atoms with Gasteiger partial charge in [0.15, 0.2) is 0 Å². The Morgan fingerprint density at radius 1 is 1.32 bits per heavy atom. The lowest BCUT2D eigenvalue weighted by molar-refractivity contribution is 0.0999. The number of nitrogens with two attached hydrogens (primary N) is 1. The van der Waals surface area contributed by atoms with Crippen LogP contribution in [0.1, 0.15) is 41.6 Å². The summed E-state index contributed by atoms with van der Waals surface area (Å²) in [5, 5.41) is 0.695. The number of hydrogen-bond donors (Lipinski definition) is 1. The van der Waals surface area contributed by atoms with Gasteiger partial charge >= 0.3 is 7.82 Å². The van der Waals surface area contributed by atoms with Crippen molar-refractivity contribution < 1.29 is 23.0 Å². The summed E-state index contributed by atoms with van der Waals surface area (Å²) >= 11 is 0. The molecule has 0 spiro atoms. The predicted octanol–water partition coefficient (Wildman–Crippen LogP) is 2.26. The van der Waals surface area contributed by atoms with Crippen molar-refractivity contribution in [2.45, 2.75) is 25.7 Å². The van der Waals surface area contributed by atoms with Gasteiger partial charge in [0.1, 0.15) is 5.75 Å². The molecule has 0 radical (unpaired) electrons. The number of hydrogen-bond acceptors (Lipinski definition) is 6. The Kier molecular flexibility index (Phi) is 2.98. The van der Waals surface area contributed by atoms with Gasteiger partial charge in [-0.2, -0.15) is 4.57 Å². The standard InChI is InChI=1S/C16H18N3O5P/c1-2-18-7-5-9(6-8-18)12-13-10-3-4-11(14(13)15(17)20)22-25(21)23-16(12)19(10)24-25/h3-4,9H,2,5-8H2,1H3,(H2,17,20). The Morgan fingerprint density at radius 3 is 2.76 bits per heavy atom. The van der Waals surface area contributed by atoms with E-state index in [4.69, 9.17) is 19.4 Å². The number of nitrogens with zero attached hydrogens (tertiary/aromatic N) is 2. The van der Waals surface area contributed by atoms with Crippen LogP contribution in [0.25, 0.3) is 10.9 Å². The lowest BCUT2D eigenvalue weighted by atomic mass is 9.87. The SMILES string of the molecule is CCN1CCC(c2c3n4c5ccc(c(C(N)=O)c25)OP(=O)(O3)O4)CC1. The third-order valence-corrected chi connectivity index (χ3v) is 6.51. The summed E-state index contributed by atoms with van der Waals surface area (Å²) in [6.45, 7) is 5.09. The summed E-state index contributed by atoms with van der Waals surface area (Å²) in [6.07, 6.45) is 1.85. The number of likely N-dealkylation sites (tertiary alicyclic amines) is 1. The lowest BCUT2D eigenvalue weighted by Gasteiger charge is -2.31. The van der Waals surface area contributed by atoms with Crippen LogP contribution < -0.4 is 19.4 Å². The van der Waals surface area contributed by atoms with E-state index in [0.29, 0.717) is 16.8 Å². The molecular weight excluding hydrogens is 345 g/mol. The zero-order valence-electron chi connectivity index (χ0n) is 13.7. The van der Waals surface area contributed by atoms with E-state index in [2.05, 4.69) is 11.8 Å². The van der Waals surface area contributed by atoms with Crippen LogP contribution in [0, 0.1) is 0 Å². The number of carbonyl (C=O) groups is 1. The fourth-order valence-corrected chi connectivity index (χ4v) is 5.37. The summed E-state index contributed by atoms with van der Waals surface area (Å²) < 4.78 is 30.6. The van der Waals surface area contributed by atoms with Crippen LogP contribution in [-0.2, 0) is 4.57 Å². The van der Waals surface area contributed by atoms with Crippen LogP contribution in [0.5, 0.6) is 11.6 Å². The second-order valence-electron chi connectivity index (χ2n) is 6.63. The van der Waals surface area contributed by atoms with Crippen LogP contribution in [0.15, 0.2) is 12.1 Å². The molecule has 0 saturated carbocycles. The Balaban J connectivity index is 1.76. The van der Waals surface area contributed by atoms with Crippen molar-refractivity contribution >= 4 is 24.6 Å². The molecule has 2 N–H and O–H groups in total. The molecule has 8 nitrogen and oxygen atoms in total. The molecule has 1 atom stereocenters. The van der Waals surface area contributed by atoms with E-state index in [1.54, 1.807) is 12.1 Å². The summed E-state index contributed by atoms with van der Waals surface area (Å²) in [5.74, 6) is 0.112. The van der Waals surface area contributed by atoms with E-state index in [1.807, 2.05) is 0 Å². The molecule has 1 amide bonds. The van der Waals surface area contributed by atoms with Crippen molar-refractivity contribution in [3.8, 4) is 11.6 Å². The maximum atomic E-state index is 12.7. The summed E-state index contributed by atoms with van der Waals surface area (Å²) in [6, 6.07) is 3.37. The lowest BCUT2D eigenvalue weighted by Crippen LogP contribution is -2.32. The molecule has 1 fully saturated rings. The predicted molar refractivity (Wildman–Crippen MR) is 90.0 cm³/mol.